The molecule has 0 aliphatic rings. The third-order valence-electron chi connectivity index (χ3n) is 2.52. The molecule has 0 heterocycles. The van der Waals surface area contributed by atoms with Crippen molar-refractivity contribution in [3.05, 3.63) is 0 Å². The van der Waals surface area contributed by atoms with Gasteiger partial charge in [-0.2, -0.15) is 0 Å². The Morgan fingerprint density at radius 2 is 2.00 bits per heavy atom. The van der Waals surface area contributed by atoms with Gasteiger partial charge in [-0.05, 0) is 37.8 Å². The molecule has 0 aliphatic heterocycles. The molecule has 1 N–H and O–H groups in total. The van der Waals surface area contributed by atoms with Crippen molar-refractivity contribution in [2.75, 3.05) is 26.8 Å². The zero-order chi connectivity index (χ0) is 10.1. The van der Waals surface area contributed by atoms with Gasteiger partial charge in [0.2, 0.25) is 0 Å². The molecule has 0 amide bonds. The topological polar surface area (TPSA) is 21.3 Å². The summed E-state index contributed by atoms with van der Waals surface area (Å²) in [7, 11) is 1.77. The Labute approximate surface area is 83.1 Å². The summed E-state index contributed by atoms with van der Waals surface area (Å²) in [4.78, 5) is 0. The molecule has 13 heavy (non-hydrogen) atoms. The minimum atomic E-state index is 0.774. The van der Waals surface area contributed by atoms with Crippen molar-refractivity contribution < 1.29 is 4.74 Å². The number of nitrogens with one attached hydrogen (secondary N) is 1. The summed E-state index contributed by atoms with van der Waals surface area (Å²) in [6, 6.07) is 0. The van der Waals surface area contributed by atoms with Gasteiger partial charge < -0.3 is 10.1 Å². The molecule has 1 atom stereocenters. The van der Waals surface area contributed by atoms with Crippen LogP contribution in [0.5, 0.6) is 0 Å². The summed E-state index contributed by atoms with van der Waals surface area (Å²) >= 11 is 0. The van der Waals surface area contributed by atoms with Crippen LogP contribution in [0.15, 0.2) is 0 Å². The van der Waals surface area contributed by atoms with Crippen LogP contribution in [-0.2, 0) is 4.74 Å². The van der Waals surface area contributed by atoms with E-state index in [9.17, 15) is 0 Å². The van der Waals surface area contributed by atoms with Gasteiger partial charge in [-0.15, -0.1) is 0 Å². The molecule has 0 saturated carbocycles. The highest BCUT2D eigenvalue weighted by molar-refractivity contribution is 4.65. The third kappa shape index (κ3) is 7.03. The van der Waals surface area contributed by atoms with E-state index in [2.05, 4.69) is 26.1 Å². The summed E-state index contributed by atoms with van der Waals surface area (Å²) < 4.78 is 5.06. The van der Waals surface area contributed by atoms with Gasteiger partial charge in [-0.3, -0.25) is 0 Å². The van der Waals surface area contributed by atoms with Gasteiger partial charge >= 0.3 is 0 Å². The van der Waals surface area contributed by atoms with Gasteiger partial charge in [0, 0.05) is 13.7 Å². The first-order chi connectivity index (χ1) is 6.22. The highest BCUT2D eigenvalue weighted by Gasteiger charge is 2.11. The van der Waals surface area contributed by atoms with Crippen molar-refractivity contribution >= 4 is 0 Å². The maximum Gasteiger partial charge on any atom is 0.0462 e. The van der Waals surface area contributed by atoms with Crippen LogP contribution in [-0.4, -0.2) is 26.8 Å². The minimum Gasteiger partial charge on any atom is -0.385 e. The average molecular weight is 187 g/mol. The smallest absolute Gasteiger partial charge is 0.0462 e. The lowest BCUT2D eigenvalue weighted by Gasteiger charge is -2.20. The zero-order valence-corrected chi connectivity index (χ0v) is 9.60. The molecule has 0 saturated heterocycles. The molecular formula is C11H25NO. The standard InChI is InChI=1S/C11H25NO/c1-5-12-9-11(10(2)3)7-6-8-13-4/h10-12H,5-9H2,1-4H3. The number of ether oxygens (including phenoxy) is 1. The fourth-order valence-electron chi connectivity index (χ4n) is 1.49. The predicted octanol–water partition coefficient (Wildman–Crippen LogP) is 2.29. The Bertz CT molecular complexity index is 104. The van der Waals surface area contributed by atoms with E-state index in [1.54, 1.807) is 7.11 Å². The minimum absolute atomic E-state index is 0.774. The van der Waals surface area contributed by atoms with Crippen LogP contribution < -0.4 is 5.32 Å². The molecule has 2 nitrogen and oxygen atoms in total. The predicted molar refractivity (Wildman–Crippen MR) is 58.0 cm³/mol. The van der Waals surface area contributed by atoms with Crippen LogP contribution >= 0.6 is 0 Å². The quantitative estimate of drug-likeness (QED) is 0.589. The molecule has 0 bridgehead atoms. The van der Waals surface area contributed by atoms with Crippen molar-refractivity contribution in [1.82, 2.24) is 5.32 Å². The molecule has 0 fully saturated rings. The van der Waals surface area contributed by atoms with Gasteiger partial charge in [0.15, 0.2) is 0 Å². The molecule has 0 aliphatic carbocycles. The molecule has 1 unspecified atom stereocenters. The summed E-state index contributed by atoms with van der Waals surface area (Å²) in [5.41, 5.74) is 0. The van der Waals surface area contributed by atoms with E-state index in [-0.39, 0.29) is 0 Å². The zero-order valence-electron chi connectivity index (χ0n) is 9.60. The lowest BCUT2D eigenvalue weighted by atomic mass is 9.91. The van der Waals surface area contributed by atoms with Crippen LogP contribution in [0.3, 0.4) is 0 Å². The number of hydrogen-bond acceptors (Lipinski definition) is 2. The second-order valence-corrected chi connectivity index (χ2v) is 3.95. The fourth-order valence-corrected chi connectivity index (χ4v) is 1.49. The number of rotatable bonds is 8. The molecule has 0 aromatic carbocycles. The number of methoxy groups -OCH3 is 1. The lowest BCUT2D eigenvalue weighted by Crippen LogP contribution is -2.26. The molecule has 0 spiro atoms. The fraction of sp³-hybridized carbons (Fsp3) is 1.00. The van der Waals surface area contributed by atoms with E-state index in [0.29, 0.717) is 0 Å². The summed E-state index contributed by atoms with van der Waals surface area (Å²) in [5, 5.41) is 3.42. The van der Waals surface area contributed by atoms with E-state index in [1.165, 1.54) is 12.8 Å². The Kier molecular flexibility index (Phi) is 8.46. The highest BCUT2D eigenvalue weighted by Crippen LogP contribution is 2.15. The molecule has 0 aromatic rings. The normalized spacial score (nSPS) is 13.6. The van der Waals surface area contributed by atoms with Crippen LogP contribution in [0, 0.1) is 11.8 Å². The molecular weight excluding hydrogens is 162 g/mol. The van der Waals surface area contributed by atoms with Gasteiger partial charge in [0.25, 0.3) is 0 Å². The Morgan fingerprint density at radius 3 is 2.46 bits per heavy atom. The van der Waals surface area contributed by atoms with Crippen molar-refractivity contribution in [3.8, 4) is 0 Å². The van der Waals surface area contributed by atoms with Crippen LogP contribution in [0.25, 0.3) is 0 Å². The van der Waals surface area contributed by atoms with Crippen molar-refractivity contribution in [2.45, 2.75) is 33.6 Å². The second kappa shape index (κ2) is 8.52. The molecule has 0 rings (SSSR count). The van der Waals surface area contributed by atoms with E-state index in [1.807, 2.05) is 0 Å². The van der Waals surface area contributed by atoms with Crippen LogP contribution in [0.1, 0.15) is 33.6 Å². The van der Waals surface area contributed by atoms with E-state index in [4.69, 9.17) is 4.74 Å². The summed E-state index contributed by atoms with van der Waals surface area (Å²) in [5.74, 6) is 1.58. The average Bonchev–Trinajstić information content (AvgIpc) is 2.10. The Morgan fingerprint density at radius 1 is 1.31 bits per heavy atom. The first-order valence-corrected chi connectivity index (χ1v) is 5.42. The maximum absolute atomic E-state index is 5.06. The van der Waals surface area contributed by atoms with Crippen molar-refractivity contribution in [1.29, 1.82) is 0 Å². The largest absolute Gasteiger partial charge is 0.385 e. The first-order valence-electron chi connectivity index (χ1n) is 5.42. The highest BCUT2D eigenvalue weighted by atomic mass is 16.5. The Balaban J connectivity index is 3.54. The monoisotopic (exact) mass is 187 g/mol. The molecule has 2 heteroatoms. The summed E-state index contributed by atoms with van der Waals surface area (Å²) in [6.07, 6.45) is 2.46. The van der Waals surface area contributed by atoms with Crippen LogP contribution in [0.2, 0.25) is 0 Å². The van der Waals surface area contributed by atoms with E-state index >= 15 is 0 Å². The van der Waals surface area contributed by atoms with E-state index < -0.39 is 0 Å². The molecule has 0 aromatic heterocycles. The molecule has 0 radical (unpaired) electrons. The Hall–Kier alpha value is -0.0800. The first kappa shape index (κ1) is 12.9. The summed E-state index contributed by atoms with van der Waals surface area (Å²) in [6.45, 7) is 9.89. The number of hydrogen-bond donors (Lipinski definition) is 1. The van der Waals surface area contributed by atoms with Gasteiger partial charge in [-0.25, -0.2) is 0 Å². The van der Waals surface area contributed by atoms with Crippen LogP contribution in [0.4, 0.5) is 0 Å². The van der Waals surface area contributed by atoms with Crippen molar-refractivity contribution in [3.63, 3.8) is 0 Å². The van der Waals surface area contributed by atoms with Crippen molar-refractivity contribution in [2.24, 2.45) is 11.8 Å². The lowest BCUT2D eigenvalue weighted by molar-refractivity contribution is 0.181. The van der Waals surface area contributed by atoms with Gasteiger partial charge in [0.05, 0.1) is 0 Å². The second-order valence-electron chi connectivity index (χ2n) is 3.95. The van der Waals surface area contributed by atoms with Gasteiger partial charge in [0.1, 0.15) is 0 Å². The van der Waals surface area contributed by atoms with Gasteiger partial charge in [-0.1, -0.05) is 20.8 Å². The third-order valence-corrected chi connectivity index (χ3v) is 2.52. The maximum atomic E-state index is 5.06. The SMILES string of the molecule is CCNCC(CCCOC)C(C)C. The molecule has 80 valence electrons. The van der Waals surface area contributed by atoms with E-state index in [0.717, 1.165) is 31.5 Å².